The maximum Gasteiger partial charge on any atom is 0.227 e. The number of carbonyl (C=O) groups is 2. The average molecular weight is 360 g/mol. The Hall–Kier alpha value is -2.04. The third kappa shape index (κ3) is 4.77. The molecule has 1 aliphatic rings. The summed E-state index contributed by atoms with van der Waals surface area (Å²) in [4.78, 5) is 28.9. The van der Waals surface area contributed by atoms with Crippen LogP contribution < -0.4 is 15.1 Å². The fourth-order valence-electron chi connectivity index (χ4n) is 3.57. The summed E-state index contributed by atoms with van der Waals surface area (Å²) in [5.41, 5.74) is 3.17. The van der Waals surface area contributed by atoms with Crippen LogP contribution in [0.1, 0.15) is 52.0 Å². The van der Waals surface area contributed by atoms with Gasteiger partial charge in [-0.3, -0.25) is 9.59 Å². The van der Waals surface area contributed by atoms with Gasteiger partial charge in [-0.25, -0.2) is 0 Å². The monoisotopic (exact) mass is 359 g/mol. The van der Waals surface area contributed by atoms with E-state index < -0.39 is 0 Å². The molecule has 144 valence electrons. The Balaban J connectivity index is 2.03. The van der Waals surface area contributed by atoms with Crippen molar-refractivity contribution >= 4 is 23.2 Å². The molecule has 5 nitrogen and oxygen atoms in total. The number of amides is 2. The van der Waals surface area contributed by atoms with Crippen LogP contribution in [0.4, 0.5) is 11.4 Å². The van der Waals surface area contributed by atoms with E-state index >= 15 is 0 Å². The topological polar surface area (TPSA) is 52.7 Å². The van der Waals surface area contributed by atoms with Crippen LogP contribution in [0, 0.1) is 12.8 Å². The molecule has 1 aromatic carbocycles. The molecule has 1 aromatic rings. The minimum absolute atomic E-state index is 0.00867. The molecule has 2 amide bonds. The second-order valence-electron chi connectivity index (χ2n) is 7.05. The van der Waals surface area contributed by atoms with Crippen molar-refractivity contribution < 1.29 is 9.59 Å². The summed E-state index contributed by atoms with van der Waals surface area (Å²) in [6, 6.07) is 6.22. The molecule has 1 atom stereocenters. The zero-order valence-electron chi connectivity index (χ0n) is 16.7. The quantitative estimate of drug-likeness (QED) is 0.687. The van der Waals surface area contributed by atoms with E-state index in [2.05, 4.69) is 43.1 Å². The number of nitrogens with one attached hydrogen (secondary N) is 1. The van der Waals surface area contributed by atoms with Crippen molar-refractivity contribution in [3.05, 3.63) is 23.8 Å². The molecular weight excluding hydrogens is 326 g/mol. The van der Waals surface area contributed by atoms with Crippen molar-refractivity contribution in [3.63, 3.8) is 0 Å². The lowest BCUT2D eigenvalue weighted by Crippen LogP contribution is -2.33. The van der Waals surface area contributed by atoms with Gasteiger partial charge in [0.25, 0.3) is 0 Å². The molecule has 1 saturated heterocycles. The Kier molecular flexibility index (Phi) is 7.49. The fraction of sp³-hybridized carbons (Fsp3) is 0.619. The van der Waals surface area contributed by atoms with E-state index in [9.17, 15) is 9.59 Å². The van der Waals surface area contributed by atoms with Crippen molar-refractivity contribution in [1.29, 1.82) is 0 Å². The third-order valence-corrected chi connectivity index (χ3v) is 5.18. The number of nitrogens with zero attached hydrogens (tertiary/aromatic N) is 2. The summed E-state index contributed by atoms with van der Waals surface area (Å²) >= 11 is 0. The smallest absolute Gasteiger partial charge is 0.227 e. The van der Waals surface area contributed by atoms with E-state index in [1.807, 2.05) is 13.0 Å². The first-order chi connectivity index (χ1) is 12.5. The van der Waals surface area contributed by atoms with E-state index in [1.165, 1.54) is 5.69 Å². The molecule has 1 fully saturated rings. The van der Waals surface area contributed by atoms with E-state index in [0.717, 1.165) is 43.6 Å². The number of anilines is 2. The normalized spacial score (nSPS) is 16.8. The SMILES string of the molecule is CCCCCNC(=O)C1CC(=O)N(c2ccc(N(CC)CC)cc2C)C1. The molecule has 1 heterocycles. The van der Waals surface area contributed by atoms with Crippen molar-refractivity contribution in [3.8, 4) is 0 Å². The van der Waals surface area contributed by atoms with Crippen LogP contribution in [0.2, 0.25) is 0 Å². The zero-order valence-corrected chi connectivity index (χ0v) is 16.7. The summed E-state index contributed by atoms with van der Waals surface area (Å²) in [6.45, 7) is 11.5. The lowest BCUT2D eigenvalue weighted by atomic mass is 10.1. The van der Waals surface area contributed by atoms with Crippen molar-refractivity contribution in [2.24, 2.45) is 5.92 Å². The minimum atomic E-state index is -0.244. The Morgan fingerprint density at radius 2 is 1.96 bits per heavy atom. The highest BCUT2D eigenvalue weighted by atomic mass is 16.2. The third-order valence-electron chi connectivity index (χ3n) is 5.18. The maximum atomic E-state index is 12.5. The fourth-order valence-corrected chi connectivity index (χ4v) is 3.57. The zero-order chi connectivity index (χ0) is 19.1. The van der Waals surface area contributed by atoms with Crippen molar-refractivity contribution in [2.45, 2.75) is 53.4 Å². The highest BCUT2D eigenvalue weighted by molar-refractivity contribution is 6.01. The van der Waals surface area contributed by atoms with Gasteiger partial charge in [0, 0.05) is 44.0 Å². The number of unbranched alkanes of at least 4 members (excludes halogenated alkanes) is 2. The van der Waals surface area contributed by atoms with Crippen LogP contribution in [-0.4, -0.2) is 38.0 Å². The molecule has 1 unspecified atom stereocenters. The molecule has 2 rings (SSSR count). The Bertz CT molecular complexity index is 626. The maximum absolute atomic E-state index is 12.5. The summed E-state index contributed by atoms with van der Waals surface area (Å²) in [7, 11) is 0. The van der Waals surface area contributed by atoms with Crippen molar-refractivity contribution in [1.82, 2.24) is 5.32 Å². The van der Waals surface area contributed by atoms with E-state index in [4.69, 9.17) is 0 Å². The number of hydrogen-bond acceptors (Lipinski definition) is 3. The molecule has 1 N–H and O–H groups in total. The summed E-state index contributed by atoms with van der Waals surface area (Å²) in [5.74, 6) is -0.197. The van der Waals surface area contributed by atoms with E-state index in [1.54, 1.807) is 4.90 Å². The summed E-state index contributed by atoms with van der Waals surface area (Å²) in [6.07, 6.45) is 3.55. The van der Waals surface area contributed by atoms with Gasteiger partial charge < -0.3 is 15.1 Å². The van der Waals surface area contributed by atoms with Gasteiger partial charge in [-0.1, -0.05) is 19.8 Å². The number of carbonyl (C=O) groups excluding carboxylic acids is 2. The number of aryl methyl sites for hydroxylation is 1. The Labute approximate surface area is 157 Å². The molecule has 0 bridgehead atoms. The van der Waals surface area contributed by atoms with Crippen LogP contribution in [0.15, 0.2) is 18.2 Å². The van der Waals surface area contributed by atoms with Gasteiger partial charge in [-0.05, 0) is 51.0 Å². The van der Waals surface area contributed by atoms with Crippen LogP contribution in [-0.2, 0) is 9.59 Å². The van der Waals surface area contributed by atoms with E-state index in [0.29, 0.717) is 19.5 Å². The Morgan fingerprint density at radius 1 is 1.23 bits per heavy atom. The number of hydrogen-bond donors (Lipinski definition) is 1. The molecule has 5 heteroatoms. The lowest BCUT2D eigenvalue weighted by Gasteiger charge is -2.24. The summed E-state index contributed by atoms with van der Waals surface area (Å²) in [5, 5.41) is 2.98. The van der Waals surface area contributed by atoms with Crippen LogP contribution in [0.25, 0.3) is 0 Å². The van der Waals surface area contributed by atoms with Gasteiger partial charge in [0.2, 0.25) is 11.8 Å². The van der Waals surface area contributed by atoms with Gasteiger partial charge in [0.15, 0.2) is 0 Å². The molecule has 0 aliphatic carbocycles. The van der Waals surface area contributed by atoms with Gasteiger partial charge in [0.1, 0.15) is 0 Å². The van der Waals surface area contributed by atoms with Gasteiger partial charge in [-0.2, -0.15) is 0 Å². The molecule has 0 saturated carbocycles. The predicted molar refractivity (Wildman–Crippen MR) is 108 cm³/mol. The number of benzene rings is 1. The van der Waals surface area contributed by atoms with Gasteiger partial charge in [0.05, 0.1) is 5.92 Å². The predicted octanol–water partition coefficient (Wildman–Crippen LogP) is 3.50. The van der Waals surface area contributed by atoms with E-state index in [-0.39, 0.29) is 17.7 Å². The van der Waals surface area contributed by atoms with Crippen LogP contribution in [0.5, 0.6) is 0 Å². The van der Waals surface area contributed by atoms with Gasteiger partial charge in [-0.15, -0.1) is 0 Å². The molecule has 0 radical (unpaired) electrons. The standard InChI is InChI=1S/C21H33N3O2/c1-5-8-9-12-22-21(26)17-14-20(25)24(15-17)19-11-10-18(13-16(19)4)23(6-2)7-3/h10-11,13,17H,5-9,12,14-15H2,1-4H3,(H,22,26). The molecule has 0 spiro atoms. The minimum Gasteiger partial charge on any atom is -0.372 e. The second-order valence-corrected chi connectivity index (χ2v) is 7.05. The molecule has 0 aromatic heterocycles. The highest BCUT2D eigenvalue weighted by Gasteiger charge is 2.35. The van der Waals surface area contributed by atoms with Crippen LogP contribution in [0.3, 0.4) is 0 Å². The summed E-state index contributed by atoms with van der Waals surface area (Å²) < 4.78 is 0. The molecule has 1 aliphatic heterocycles. The number of rotatable bonds is 9. The second kappa shape index (κ2) is 9.60. The van der Waals surface area contributed by atoms with Crippen molar-refractivity contribution in [2.75, 3.05) is 36.0 Å². The van der Waals surface area contributed by atoms with Crippen LogP contribution >= 0.6 is 0 Å². The first-order valence-electron chi connectivity index (χ1n) is 9.95. The first kappa shape index (κ1) is 20.3. The van der Waals surface area contributed by atoms with Gasteiger partial charge >= 0.3 is 0 Å². The molecule has 26 heavy (non-hydrogen) atoms. The lowest BCUT2D eigenvalue weighted by molar-refractivity contribution is -0.126. The average Bonchev–Trinajstić information content (AvgIpc) is 3.01. The largest absolute Gasteiger partial charge is 0.372 e. The highest BCUT2D eigenvalue weighted by Crippen LogP contribution is 2.30. The first-order valence-corrected chi connectivity index (χ1v) is 9.95. The Morgan fingerprint density at radius 3 is 2.58 bits per heavy atom. The molecular formula is C21H33N3O2.